The topological polar surface area (TPSA) is 58.2 Å². The minimum absolute atomic E-state index is 0.175. The highest BCUT2D eigenvalue weighted by molar-refractivity contribution is 7.91. The van der Waals surface area contributed by atoms with E-state index in [0.29, 0.717) is 11.5 Å². The molecular weight excluding hydrogens is 232 g/mol. The normalized spacial score (nSPS) is 28.7. The average Bonchev–Trinajstić information content (AvgIpc) is 2.37. The zero-order chi connectivity index (χ0) is 11.5. The number of rotatable bonds is 3. The molecule has 0 radical (unpaired) electrons. The maximum atomic E-state index is 11.3. The summed E-state index contributed by atoms with van der Waals surface area (Å²) < 4.78 is 22.7. The molecule has 88 valence electrons. The lowest BCUT2D eigenvalue weighted by molar-refractivity contribution is 0.468. The molecule has 0 spiro atoms. The Hall–Kier alpha value is -0.360. The summed E-state index contributed by atoms with van der Waals surface area (Å²) in [4.78, 5) is 0. The van der Waals surface area contributed by atoms with E-state index in [-0.39, 0.29) is 11.5 Å². The summed E-state index contributed by atoms with van der Waals surface area (Å²) in [6.07, 6.45) is 1.63. The van der Waals surface area contributed by atoms with Gasteiger partial charge in [0.25, 0.3) is 0 Å². The fraction of sp³-hybridized carbons (Fsp3) is 0.889. The van der Waals surface area contributed by atoms with Gasteiger partial charge >= 0.3 is 0 Å². The molecule has 1 unspecified atom stereocenters. The van der Waals surface area contributed by atoms with Crippen molar-refractivity contribution in [1.82, 2.24) is 10.6 Å². The van der Waals surface area contributed by atoms with Gasteiger partial charge in [-0.3, -0.25) is 0 Å². The molecule has 1 aliphatic heterocycles. The number of thiocarbonyl (C=S) groups is 1. The van der Waals surface area contributed by atoms with Gasteiger partial charge in [-0.25, -0.2) is 8.42 Å². The SMILES string of the molecule is CCCNC(=S)NC1(C)CCS(=O)(=O)C1. The summed E-state index contributed by atoms with van der Waals surface area (Å²) in [6, 6.07) is 0. The molecule has 15 heavy (non-hydrogen) atoms. The summed E-state index contributed by atoms with van der Waals surface area (Å²) in [6.45, 7) is 4.77. The fourth-order valence-electron chi connectivity index (χ4n) is 1.67. The van der Waals surface area contributed by atoms with Crippen LogP contribution < -0.4 is 10.6 Å². The lowest BCUT2D eigenvalue weighted by atomic mass is 10.0. The Morgan fingerprint density at radius 1 is 1.53 bits per heavy atom. The van der Waals surface area contributed by atoms with Crippen LogP contribution in [0.2, 0.25) is 0 Å². The average molecular weight is 250 g/mol. The molecule has 2 N–H and O–H groups in total. The highest BCUT2D eigenvalue weighted by atomic mass is 32.2. The van der Waals surface area contributed by atoms with E-state index in [1.807, 2.05) is 6.92 Å². The van der Waals surface area contributed by atoms with Gasteiger partial charge in [-0.15, -0.1) is 0 Å². The van der Waals surface area contributed by atoms with Gasteiger partial charge in [0, 0.05) is 6.54 Å². The van der Waals surface area contributed by atoms with Gasteiger partial charge in [-0.2, -0.15) is 0 Å². The summed E-state index contributed by atoms with van der Waals surface area (Å²) in [5.41, 5.74) is -0.392. The lowest BCUT2D eigenvalue weighted by Crippen LogP contribution is -2.51. The molecule has 0 aromatic rings. The van der Waals surface area contributed by atoms with Crippen LogP contribution in [-0.2, 0) is 9.84 Å². The van der Waals surface area contributed by atoms with Gasteiger partial charge in [0.2, 0.25) is 0 Å². The first-order valence-electron chi connectivity index (χ1n) is 5.13. The highest BCUT2D eigenvalue weighted by Crippen LogP contribution is 2.22. The summed E-state index contributed by atoms with van der Waals surface area (Å²) in [5, 5.41) is 6.68. The van der Waals surface area contributed by atoms with Crippen LogP contribution in [0.15, 0.2) is 0 Å². The predicted molar refractivity (Wildman–Crippen MR) is 65.7 cm³/mol. The van der Waals surface area contributed by atoms with Crippen LogP contribution in [-0.4, -0.2) is 37.1 Å². The molecule has 1 heterocycles. The molecule has 0 aromatic carbocycles. The minimum Gasteiger partial charge on any atom is -0.363 e. The van der Waals surface area contributed by atoms with Gasteiger partial charge in [0.15, 0.2) is 14.9 Å². The van der Waals surface area contributed by atoms with Gasteiger partial charge in [0.05, 0.1) is 17.0 Å². The van der Waals surface area contributed by atoms with Crippen LogP contribution in [0, 0.1) is 0 Å². The fourth-order valence-corrected chi connectivity index (χ4v) is 4.11. The molecule has 4 nitrogen and oxygen atoms in total. The van der Waals surface area contributed by atoms with Crippen molar-refractivity contribution in [3.05, 3.63) is 0 Å². The van der Waals surface area contributed by atoms with E-state index < -0.39 is 15.4 Å². The molecule has 1 fully saturated rings. The lowest BCUT2D eigenvalue weighted by Gasteiger charge is -2.25. The van der Waals surface area contributed by atoms with E-state index in [4.69, 9.17) is 12.2 Å². The molecule has 0 aliphatic carbocycles. The van der Waals surface area contributed by atoms with Crippen molar-refractivity contribution >= 4 is 27.2 Å². The zero-order valence-corrected chi connectivity index (χ0v) is 10.8. The molecule has 1 aliphatic rings. The van der Waals surface area contributed by atoms with Crippen LogP contribution in [0.1, 0.15) is 26.7 Å². The number of hydrogen-bond donors (Lipinski definition) is 2. The van der Waals surface area contributed by atoms with E-state index in [1.54, 1.807) is 0 Å². The molecule has 0 amide bonds. The number of nitrogens with one attached hydrogen (secondary N) is 2. The largest absolute Gasteiger partial charge is 0.363 e. The van der Waals surface area contributed by atoms with Crippen molar-refractivity contribution in [2.45, 2.75) is 32.2 Å². The first-order chi connectivity index (χ1) is 6.87. The van der Waals surface area contributed by atoms with Crippen LogP contribution in [0.3, 0.4) is 0 Å². The van der Waals surface area contributed by atoms with E-state index in [9.17, 15) is 8.42 Å². The monoisotopic (exact) mass is 250 g/mol. The van der Waals surface area contributed by atoms with Crippen molar-refractivity contribution in [2.24, 2.45) is 0 Å². The van der Waals surface area contributed by atoms with E-state index in [0.717, 1.165) is 13.0 Å². The Bertz CT molecular complexity index is 340. The maximum Gasteiger partial charge on any atom is 0.166 e. The van der Waals surface area contributed by atoms with Crippen LogP contribution in [0.5, 0.6) is 0 Å². The Labute approximate surface area is 96.7 Å². The Kier molecular flexibility index (Phi) is 3.94. The van der Waals surface area contributed by atoms with E-state index in [1.165, 1.54) is 0 Å². The second-order valence-corrected chi connectivity index (χ2v) is 6.88. The molecular formula is C9H18N2O2S2. The van der Waals surface area contributed by atoms with Crippen molar-refractivity contribution in [3.63, 3.8) is 0 Å². The van der Waals surface area contributed by atoms with Crippen LogP contribution in [0.25, 0.3) is 0 Å². The summed E-state index contributed by atoms with van der Waals surface area (Å²) >= 11 is 5.09. The molecule has 1 saturated heterocycles. The predicted octanol–water partition coefficient (Wildman–Crippen LogP) is 0.438. The van der Waals surface area contributed by atoms with Crippen molar-refractivity contribution in [1.29, 1.82) is 0 Å². The first kappa shape index (κ1) is 12.7. The number of sulfone groups is 1. The quantitative estimate of drug-likeness (QED) is 0.712. The van der Waals surface area contributed by atoms with Crippen LogP contribution in [0.4, 0.5) is 0 Å². The molecule has 1 atom stereocenters. The zero-order valence-electron chi connectivity index (χ0n) is 9.17. The second kappa shape index (κ2) is 4.65. The Morgan fingerprint density at radius 2 is 2.20 bits per heavy atom. The van der Waals surface area contributed by atoms with Crippen molar-refractivity contribution in [2.75, 3.05) is 18.1 Å². The van der Waals surface area contributed by atoms with Crippen molar-refractivity contribution < 1.29 is 8.42 Å². The molecule has 0 saturated carbocycles. The minimum atomic E-state index is -2.87. The van der Waals surface area contributed by atoms with Gasteiger partial charge < -0.3 is 10.6 Å². The second-order valence-electron chi connectivity index (χ2n) is 4.28. The highest BCUT2D eigenvalue weighted by Gasteiger charge is 2.38. The van der Waals surface area contributed by atoms with Crippen molar-refractivity contribution in [3.8, 4) is 0 Å². The standard InChI is InChI=1S/C9H18N2O2S2/c1-3-5-10-8(14)11-9(2)4-6-15(12,13)7-9/h3-7H2,1-2H3,(H2,10,11,14). The summed E-state index contributed by atoms with van der Waals surface area (Å²) in [7, 11) is -2.87. The Balaban J connectivity index is 2.48. The van der Waals surface area contributed by atoms with E-state index in [2.05, 4.69) is 17.6 Å². The third-order valence-corrected chi connectivity index (χ3v) is 4.60. The molecule has 0 aromatic heterocycles. The van der Waals surface area contributed by atoms with Gasteiger partial charge in [-0.1, -0.05) is 6.92 Å². The molecule has 0 bridgehead atoms. The smallest absolute Gasteiger partial charge is 0.166 e. The van der Waals surface area contributed by atoms with E-state index >= 15 is 0 Å². The third kappa shape index (κ3) is 3.95. The summed E-state index contributed by atoms with van der Waals surface area (Å²) in [5.74, 6) is 0.431. The van der Waals surface area contributed by atoms with Gasteiger partial charge in [0.1, 0.15) is 0 Å². The maximum absolute atomic E-state index is 11.3. The first-order valence-corrected chi connectivity index (χ1v) is 7.36. The Morgan fingerprint density at radius 3 is 2.67 bits per heavy atom. The molecule has 6 heteroatoms. The molecule has 1 rings (SSSR count). The van der Waals surface area contributed by atoms with Gasteiger partial charge in [-0.05, 0) is 32.0 Å². The number of hydrogen-bond acceptors (Lipinski definition) is 3. The third-order valence-electron chi connectivity index (χ3n) is 2.45. The van der Waals surface area contributed by atoms with Crippen LogP contribution >= 0.6 is 12.2 Å².